The van der Waals surface area contributed by atoms with Crippen LogP contribution in [0.15, 0.2) is 60.8 Å². The molecule has 0 saturated heterocycles. The van der Waals surface area contributed by atoms with Crippen molar-refractivity contribution in [1.82, 2.24) is 9.88 Å². The van der Waals surface area contributed by atoms with Crippen LogP contribution in [0.25, 0.3) is 21.3 Å². The number of pyridine rings is 1. The topological polar surface area (TPSA) is 16.1 Å². The van der Waals surface area contributed by atoms with E-state index in [1.807, 2.05) is 24.3 Å². The summed E-state index contributed by atoms with van der Waals surface area (Å²) in [4.78, 5) is 6.64. The molecule has 20 heavy (non-hydrogen) atoms. The van der Waals surface area contributed by atoms with Gasteiger partial charge in [0.15, 0.2) is 0 Å². The van der Waals surface area contributed by atoms with Crippen molar-refractivity contribution in [2.45, 2.75) is 6.54 Å². The maximum absolute atomic E-state index is 4.60. The normalized spacial score (nSPS) is 10.7. The van der Waals surface area contributed by atoms with E-state index in [1.165, 1.54) is 21.2 Å². The number of aromatic nitrogens is 1. The van der Waals surface area contributed by atoms with Gasteiger partial charge in [0.05, 0.1) is 5.69 Å². The highest BCUT2D eigenvalue weighted by molar-refractivity contribution is 7.17. The molecule has 0 fully saturated rings. The summed E-state index contributed by atoms with van der Waals surface area (Å²) < 4.78 is 1.31. The van der Waals surface area contributed by atoms with Crippen LogP contribution in [0.3, 0.4) is 0 Å². The molecule has 0 atom stereocenters. The van der Waals surface area contributed by atoms with Gasteiger partial charge in [0.1, 0.15) is 0 Å². The minimum atomic E-state index is 0.834. The van der Waals surface area contributed by atoms with Crippen molar-refractivity contribution in [3.63, 3.8) is 0 Å². The quantitative estimate of drug-likeness (QED) is 0.697. The molecule has 3 rings (SSSR count). The van der Waals surface area contributed by atoms with E-state index >= 15 is 0 Å². The fourth-order valence-electron chi connectivity index (χ4n) is 2.21. The number of nitrogens with zero attached hydrogens (tertiary/aromatic N) is 2. The van der Waals surface area contributed by atoms with Gasteiger partial charge < -0.3 is 4.90 Å². The van der Waals surface area contributed by atoms with Crippen LogP contribution in [0, 0.1) is 0 Å². The Balaban J connectivity index is 1.93. The molecule has 2 heterocycles. The molecule has 3 aromatic rings. The van der Waals surface area contributed by atoms with Gasteiger partial charge in [-0.15, -0.1) is 11.3 Å². The van der Waals surface area contributed by atoms with Crippen molar-refractivity contribution in [3.8, 4) is 11.3 Å². The Bertz CT molecular complexity index is 728. The maximum atomic E-state index is 4.60. The molecule has 2 aromatic heterocycles. The van der Waals surface area contributed by atoms with Crippen molar-refractivity contribution in [2.75, 3.05) is 7.05 Å². The predicted molar refractivity (Wildman–Crippen MR) is 86.7 cm³/mol. The Kier molecular flexibility index (Phi) is 3.52. The summed E-state index contributed by atoms with van der Waals surface area (Å²) in [5.41, 5.74) is 3.44. The molecule has 0 radical (unpaired) electrons. The van der Waals surface area contributed by atoms with Crippen molar-refractivity contribution >= 4 is 21.4 Å². The first-order valence-electron chi connectivity index (χ1n) is 6.52. The lowest BCUT2D eigenvalue weighted by Gasteiger charge is -2.12. The molecule has 0 saturated carbocycles. The van der Waals surface area contributed by atoms with E-state index in [0.29, 0.717) is 0 Å². The highest BCUT2D eigenvalue weighted by Gasteiger charge is 2.07. The third-order valence-corrected chi connectivity index (χ3v) is 4.29. The van der Waals surface area contributed by atoms with Gasteiger partial charge in [0.25, 0.3) is 0 Å². The number of thiophene rings is 1. The van der Waals surface area contributed by atoms with Crippen molar-refractivity contribution in [1.29, 1.82) is 0 Å². The van der Waals surface area contributed by atoms with E-state index in [1.54, 1.807) is 11.3 Å². The summed E-state index contributed by atoms with van der Waals surface area (Å²) in [7, 11) is 2.01. The van der Waals surface area contributed by atoms with Gasteiger partial charge in [-0.1, -0.05) is 30.8 Å². The van der Waals surface area contributed by atoms with Crippen LogP contribution < -0.4 is 0 Å². The predicted octanol–water partition coefficient (Wildman–Crippen LogP) is 4.54. The zero-order chi connectivity index (χ0) is 13.9. The molecule has 0 amide bonds. The number of hydrogen-bond donors (Lipinski definition) is 0. The van der Waals surface area contributed by atoms with Crippen LogP contribution >= 0.6 is 11.3 Å². The molecular formula is C17H16N2S. The van der Waals surface area contributed by atoms with Gasteiger partial charge in [-0.05, 0) is 23.9 Å². The molecule has 1 aromatic carbocycles. The minimum Gasteiger partial charge on any atom is -0.377 e. The lowest BCUT2D eigenvalue weighted by Crippen LogP contribution is -2.09. The largest absolute Gasteiger partial charge is 0.377 e. The van der Waals surface area contributed by atoms with Crippen LogP contribution in [-0.4, -0.2) is 16.9 Å². The molecule has 0 spiro atoms. The zero-order valence-corrected chi connectivity index (χ0v) is 12.2. The summed E-state index contributed by atoms with van der Waals surface area (Å²) in [6.07, 6.45) is 3.77. The van der Waals surface area contributed by atoms with Crippen LogP contribution in [-0.2, 0) is 6.54 Å². The van der Waals surface area contributed by atoms with E-state index in [0.717, 1.165) is 12.2 Å². The van der Waals surface area contributed by atoms with E-state index in [2.05, 4.69) is 53.3 Å². The molecule has 0 aliphatic rings. The Hall–Kier alpha value is -2.13. The smallest absolute Gasteiger partial charge is 0.0716 e. The number of benzene rings is 1. The van der Waals surface area contributed by atoms with Crippen molar-refractivity contribution < 1.29 is 0 Å². The number of fused-ring (bicyclic) bond motifs is 1. The highest BCUT2D eigenvalue weighted by Crippen LogP contribution is 2.32. The van der Waals surface area contributed by atoms with Gasteiger partial charge in [-0.3, -0.25) is 4.98 Å². The fraction of sp³-hybridized carbons (Fsp3) is 0.118. The second-order valence-electron chi connectivity index (χ2n) is 4.79. The summed E-state index contributed by atoms with van der Waals surface area (Å²) >= 11 is 1.77. The Morgan fingerprint density at radius 1 is 1.25 bits per heavy atom. The number of hydrogen-bond acceptors (Lipinski definition) is 3. The molecule has 3 heteroatoms. The second kappa shape index (κ2) is 5.47. The van der Waals surface area contributed by atoms with E-state index in [-0.39, 0.29) is 0 Å². The first-order valence-corrected chi connectivity index (χ1v) is 7.40. The van der Waals surface area contributed by atoms with E-state index in [4.69, 9.17) is 0 Å². The lowest BCUT2D eigenvalue weighted by atomic mass is 10.1. The Morgan fingerprint density at radius 2 is 2.10 bits per heavy atom. The van der Waals surface area contributed by atoms with Crippen LogP contribution in [0.1, 0.15) is 5.56 Å². The molecular weight excluding hydrogens is 264 g/mol. The summed E-state index contributed by atoms with van der Waals surface area (Å²) in [5, 5.41) is 3.46. The first kappa shape index (κ1) is 12.9. The minimum absolute atomic E-state index is 0.834. The standard InChI is InChI=1S/C17H16N2S/c1-3-19(2)11-13-8-9-16(18-10-13)15-12-20-17-7-5-4-6-14(15)17/h3-10,12H,1,11H2,2H3. The summed E-state index contributed by atoms with van der Waals surface area (Å²) in [6, 6.07) is 12.7. The summed E-state index contributed by atoms with van der Waals surface area (Å²) in [6.45, 7) is 4.59. The van der Waals surface area contributed by atoms with E-state index in [9.17, 15) is 0 Å². The molecule has 100 valence electrons. The highest BCUT2D eigenvalue weighted by atomic mass is 32.1. The van der Waals surface area contributed by atoms with Gasteiger partial charge in [0, 0.05) is 40.8 Å². The third kappa shape index (κ3) is 2.45. The zero-order valence-electron chi connectivity index (χ0n) is 11.4. The lowest BCUT2D eigenvalue weighted by molar-refractivity contribution is 0.451. The van der Waals surface area contributed by atoms with Crippen molar-refractivity contribution in [2.24, 2.45) is 0 Å². The van der Waals surface area contributed by atoms with Gasteiger partial charge in [-0.25, -0.2) is 0 Å². The van der Waals surface area contributed by atoms with Crippen LogP contribution in [0.2, 0.25) is 0 Å². The molecule has 0 unspecified atom stereocenters. The SMILES string of the molecule is C=CN(C)Cc1ccc(-c2csc3ccccc23)nc1. The van der Waals surface area contributed by atoms with Gasteiger partial charge in [0.2, 0.25) is 0 Å². The average molecular weight is 280 g/mol. The van der Waals surface area contributed by atoms with Gasteiger partial charge in [-0.2, -0.15) is 0 Å². The molecule has 2 nitrogen and oxygen atoms in total. The first-order chi connectivity index (χ1) is 9.78. The Morgan fingerprint density at radius 3 is 2.85 bits per heavy atom. The maximum Gasteiger partial charge on any atom is 0.0716 e. The van der Waals surface area contributed by atoms with E-state index < -0.39 is 0 Å². The van der Waals surface area contributed by atoms with Crippen LogP contribution in [0.4, 0.5) is 0 Å². The Labute approximate surface area is 123 Å². The monoisotopic (exact) mass is 280 g/mol. The molecule has 0 aliphatic carbocycles. The van der Waals surface area contributed by atoms with Gasteiger partial charge >= 0.3 is 0 Å². The average Bonchev–Trinajstić information content (AvgIpc) is 2.92. The molecule has 0 aliphatic heterocycles. The number of rotatable bonds is 4. The van der Waals surface area contributed by atoms with Crippen molar-refractivity contribution in [3.05, 3.63) is 66.3 Å². The fourth-order valence-corrected chi connectivity index (χ4v) is 3.16. The molecule has 0 N–H and O–H groups in total. The molecule has 0 bridgehead atoms. The summed E-state index contributed by atoms with van der Waals surface area (Å²) in [5.74, 6) is 0. The second-order valence-corrected chi connectivity index (χ2v) is 5.71. The van der Waals surface area contributed by atoms with Crippen LogP contribution in [0.5, 0.6) is 0 Å². The third-order valence-electron chi connectivity index (χ3n) is 3.33.